The second-order valence-electron chi connectivity index (χ2n) is 7.93. The molecule has 3 rings (SSSR count). The van der Waals surface area contributed by atoms with E-state index >= 15 is 0 Å². The van der Waals surface area contributed by atoms with Gasteiger partial charge in [0.25, 0.3) is 5.56 Å². The number of carbonyl (C=O) groups excluding carboxylic acids is 1. The molecule has 1 N–H and O–H groups in total. The average molecular weight is 396 g/mol. The summed E-state index contributed by atoms with van der Waals surface area (Å²) in [6, 6.07) is 13.3. The van der Waals surface area contributed by atoms with Crippen molar-refractivity contribution in [3.8, 4) is 5.69 Å². The molecule has 2 aromatic carbocycles. The van der Waals surface area contributed by atoms with Crippen LogP contribution < -0.4 is 10.9 Å². The Balaban J connectivity index is 2.11. The van der Waals surface area contributed by atoms with Crippen LogP contribution in [0.1, 0.15) is 31.9 Å². The quantitative estimate of drug-likeness (QED) is 0.535. The van der Waals surface area contributed by atoms with Crippen molar-refractivity contribution in [3.05, 3.63) is 63.9 Å². The minimum absolute atomic E-state index is 0.0904. The van der Waals surface area contributed by atoms with Crippen LogP contribution in [0.3, 0.4) is 0 Å². The first-order valence-electron chi connectivity index (χ1n) is 9.19. The largest absolute Gasteiger partial charge is 0.351 e. The van der Waals surface area contributed by atoms with Gasteiger partial charge in [0.05, 0.1) is 22.3 Å². The first kappa shape index (κ1) is 20.1. The molecule has 5 nitrogen and oxygen atoms in total. The van der Waals surface area contributed by atoms with Gasteiger partial charge in [0.1, 0.15) is 0 Å². The Hall–Kier alpha value is -2.60. The molecule has 0 saturated carbocycles. The molecule has 1 heterocycles. The number of amides is 1. The first-order valence-corrected chi connectivity index (χ1v) is 10.2. The summed E-state index contributed by atoms with van der Waals surface area (Å²) in [5.74, 6) is 0.0971. The smallest absolute Gasteiger partial charge is 0.266 e. The molecule has 1 aromatic heterocycles. The number of hydrogen-bond donors (Lipinski definition) is 1. The number of nitrogens with zero attached hydrogens (tertiary/aromatic N) is 2. The van der Waals surface area contributed by atoms with E-state index in [2.05, 4.69) is 5.32 Å². The molecule has 0 atom stereocenters. The molecule has 28 heavy (non-hydrogen) atoms. The standard InChI is InChI=1S/C22H25N3O2S/c1-14-10-11-15(2)18(12-14)25-20(27)16-8-6-7-9-17(16)23-21(25)28-13-19(26)24-22(3,4)5/h6-12H,13H2,1-5H3,(H,24,26). The van der Waals surface area contributed by atoms with E-state index in [0.717, 1.165) is 16.8 Å². The Kier molecular flexibility index (Phi) is 5.61. The number of aryl methyl sites for hydroxylation is 2. The highest BCUT2D eigenvalue weighted by Gasteiger charge is 2.18. The minimum atomic E-state index is -0.304. The number of rotatable bonds is 4. The monoisotopic (exact) mass is 395 g/mol. The molecule has 1 amide bonds. The third kappa shape index (κ3) is 4.44. The molecule has 0 aliphatic heterocycles. The molecule has 0 saturated heterocycles. The number of carbonyl (C=O) groups is 1. The summed E-state index contributed by atoms with van der Waals surface area (Å²) in [4.78, 5) is 30.3. The van der Waals surface area contributed by atoms with E-state index in [9.17, 15) is 9.59 Å². The van der Waals surface area contributed by atoms with Crippen LogP contribution in [-0.2, 0) is 4.79 Å². The summed E-state index contributed by atoms with van der Waals surface area (Å²) >= 11 is 1.27. The molecular weight excluding hydrogens is 370 g/mol. The zero-order valence-electron chi connectivity index (χ0n) is 16.9. The molecule has 146 valence electrons. The predicted octanol–water partition coefficient (Wildman–Crippen LogP) is 4.01. The highest BCUT2D eigenvalue weighted by molar-refractivity contribution is 7.99. The number of hydrogen-bond acceptors (Lipinski definition) is 4. The second kappa shape index (κ2) is 7.80. The number of aromatic nitrogens is 2. The predicted molar refractivity (Wildman–Crippen MR) is 115 cm³/mol. The highest BCUT2D eigenvalue weighted by Crippen LogP contribution is 2.24. The van der Waals surface area contributed by atoms with Gasteiger partial charge in [0.15, 0.2) is 5.16 Å². The van der Waals surface area contributed by atoms with Crippen LogP contribution in [0.15, 0.2) is 52.4 Å². The van der Waals surface area contributed by atoms with Crippen LogP contribution in [0, 0.1) is 13.8 Å². The molecule has 0 unspecified atom stereocenters. The molecule has 0 aliphatic carbocycles. The zero-order chi connectivity index (χ0) is 20.5. The van der Waals surface area contributed by atoms with Gasteiger partial charge in [-0.1, -0.05) is 36.0 Å². The zero-order valence-corrected chi connectivity index (χ0v) is 17.7. The summed E-state index contributed by atoms with van der Waals surface area (Å²) < 4.78 is 1.62. The van der Waals surface area contributed by atoms with Gasteiger partial charge in [-0.25, -0.2) is 4.98 Å². The van der Waals surface area contributed by atoms with E-state index in [1.165, 1.54) is 11.8 Å². The average Bonchev–Trinajstić information content (AvgIpc) is 2.61. The molecule has 0 aliphatic rings. The van der Waals surface area contributed by atoms with Crippen LogP contribution in [0.5, 0.6) is 0 Å². The van der Waals surface area contributed by atoms with Crippen molar-refractivity contribution in [2.45, 2.75) is 45.3 Å². The molecule has 0 fully saturated rings. The van der Waals surface area contributed by atoms with Crippen molar-refractivity contribution in [2.75, 3.05) is 5.75 Å². The normalized spacial score (nSPS) is 11.6. The lowest BCUT2D eigenvalue weighted by Crippen LogP contribution is -2.41. The van der Waals surface area contributed by atoms with Crippen molar-refractivity contribution in [3.63, 3.8) is 0 Å². The fraction of sp³-hybridized carbons (Fsp3) is 0.318. The maximum absolute atomic E-state index is 13.3. The third-order valence-electron chi connectivity index (χ3n) is 4.20. The van der Waals surface area contributed by atoms with Crippen molar-refractivity contribution >= 4 is 28.6 Å². The SMILES string of the molecule is Cc1ccc(C)c(-n2c(SCC(=O)NC(C)(C)C)nc3ccccc3c2=O)c1. The van der Waals surface area contributed by atoms with Crippen molar-refractivity contribution in [1.82, 2.24) is 14.9 Å². The maximum atomic E-state index is 13.3. The number of fused-ring (bicyclic) bond motifs is 1. The summed E-state index contributed by atoms with van der Waals surface area (Å²) in [7, 11) is 0. The Bertz CT molecular complexity index is 1100. The molecule has 0 bridgehead atoms. The van der Waals surface area contributed by atoms with Crippen LogP contribution >= 0.6 is 11.8 Å². The maximum Gasteiger partial charge on any atom is 0.266 e. The highest BCUT2D eigenvalue weighted by atomic mass is 32.2. The van der Waals surface area contributed by atoms with E-state index in [4.69, 9.17) is 4.98 Å². The van der Waals surface area contributed by atoms with E-state index in [0.29, 0.717) is 16.1 Å². The van der Waals surface area contributed by atoms with Gasteiger partial charge >= 0.3 is 0 Å². The summed E-state index contributed by atoms with van der Waals surface area (Å²) in [5, 5.41) is 4.02. The van der Waals surface area contributed by atoms with Gasteiger partial charge in [-0.2, -0.15) is 0 Å². The van der Waals surface area contributed by atoms with E-state index in [1.54, 1.807) is 10.6 Å². The van der Waals surface area contributed by atoms with Crippen LogP contribution in [-0.4, -0.2) is 26.8 Å². The molecule has 0 spiro atoms. The Labute approximate surface area is 169 Å². The van der Waals surface area contributed by atoms with Crippen molar-refractivity contribution in [1.29, 1.82) is 0 Å². The number of nitrogens with one attached hydrogen (secondary N) is 1. The summed E-state index contributed by atoms with van der Waals surface area (Å²) in [6.07, 6.45) is 0. The van der Waals surface area contributed by atoms with E-state index < -0.39 is 0 Å². The summed E-state index contributed by atoms with van der Waals surface area (Å²) in [5.41, 5.74) is 3.03. The van der Waals surface area contributed by atoms with Crippen LogP contribution in [0.4, 0.5) is 0 Å². The minimum Gasteiger partial charge on any atom is -0.351 e. The van der Waals surface area contributed by atoms with Gasteiger partial charge < -0.3 is 5.32 Å². The second-order valence-corrected chi connectivity index (χ2v) is 8.87. The lowest BCUT2D eigenvalue weighted by atomic mass is 10.1. The van der Waals surface area contributed by atoms with Gasteiger partial charge in [-0.15, -0.1) is 0 Å². The van der Waals surface area contributed by atoms with E-state index in [-0.39, 0.29) is 22.8 Å². The van der Waals surface area contributed by atoms with Crippen molar-refractivity contribution < 1.29 is 4.79 Å². The topological polar surface area (TPSA) is 64.0 Å². The Morgan fingerprint density at radius 2 is 1.86 bits per heavy atom. The third-order valence-corrected chi connectivity index (χ3v) is 5.14. The van der Waals surface area contributed by atoms with Crippen molar-refractivity contribution in [2.24, 2.45) is 0 Å². The van der Waals surface area contributed by atoms with Gasteiger partial charge in [0.2, 0.25) is 5.91 Å². The Morgan fingerprint density at radius 3 is 2.57 bits per heavy atom. The van der Waals surface area contributed by atoms with Crippen LogP contribution in [0.2, 0.25) is 0 Å². The lowest BCUT2D eigenvalue weighted by Gasteiger charge is -2.20. The number of para-hydroxylation sites is 1. The van der Waals surface area contributed by atoms with Gasteiger partial charge in [0, 0.05) is 5.54 Å². The van der Waals surface area contributed by atoms with Gasteiger partial charge in [-0.3, -0.25) is 14.2 Å². The van der Waals surface area contributed by atoms with Crippen LogP contribution in [0.25, 0.3) is 16.6 Å². The number of benzene rings is 2. The fourth-order valence-corrected chi connectivity index (χ4v) is 3.77. The lowest BCUT2D eigenvalue weighted by molar-refractivity contribution is -0.119. The molecule has 0 radical (unpaired) electrons. The van der Waals surface area contributed by atoms with E-state index in [1.807, 2.05) is 71.0 Å². The molecular formula is C22H25N3O2S. The van der Waals surface area contributed by atoms with Gasteiger partial charge in [-0.05, 0) is 63.9 Å². The summed E-state index contributed by atoms with van der Waals surface area (Å²) in [6.45, 7) is 9.78. The molecule has 3 aromatic rings. The Morgan fingerprint density at radius 1 is 1.14 bits per heavy atom. The first-order chi connectivity index (χ1) is 13.2. The molecule has 6 heteroatoms. The fourth-order valence-electron chi connectivity index (χ4n) is 2.97. The number of thioether (sulfide) groups is 1.